The van der Waals surface area contributed by atoms with Crippen LogP contribution in [0.3, 0.4) is 0 Å². The van der Waals surface area contributed by atoms with E-state index in [4.69, 9.17) is 10.2 Å². The van der Waals surface area contributed by atoms with E-state index < -0.39 is 23.7 Å². The molecule has 10 nitrogen and oxygen atoms in total. The average Bonchev–Trinajstić information content (AvgIpc) is 3.04. The topological polar surface area (TPSA) is 140 Å². The third-order valence-corrected chi connectivity index (χ3v) is 6.72. The number of carboxylic acid groups (broad SMARTS) is 2. The molecule has 232 valence electrons. The number of halogens is 3. The zero-order valence-corrected chi connectivity index (χ0v) is 23.6. The number of alkyl halides is 3. The lowest BCUT2D eigenvalue weighted by molar-refractivity contribution is -0.137. The van der Waals surface area contributed by atoms with E-state index in [0.717, 1.165) is 12.1 Å². The highest BCUT2D eigenvalue weighted by atomic mass is 19.4. The van der Waals surface area contributed by atoms with Crippen molar-refractivity contribution in [2.24, 2.45) is 0 Å². The summed E-state index contributed by atoms with van der Waals surface area (Å²) in [6, 6.07) is 21.1. The zero-order chi connectivity index (χ0) is 32.6. The lowest BCUT2D eigenvalue weighted by Crippen LogP contribution is -2.50. The molecule has 1 fully saturated rings. The minimum atomic E-state index is -4.44. The van der Waals surface area contributed by atoms with E-state index in [1.807, 2.05) is 18.2 Å². The van der Waals surface area contributed by atoms with Gasteiger partial charge in [-0.15, -0.1) is 0 Å². The summed E-state index contributed by atoms with van der Waals surface area (Å²) in [4.78, 5) is 52.3. The number of amides is 2. The van der Waals surface area contributed by atoms with Crippen LogP contribution in [0.25, 0.3) is 10.9 Å². The molecule has 1 aliphatic heterocycles. The second-order valence-corrected chi connectivity index (χ2v) is 9.75. The van der Waals surface area contributed by atoms with Crippen LogP contribution in [-0.4, -0.2) is 74.9 Å². The normalized spacial score (nSPS) is 13.2. The second-order valence-electron chi connectivity index (χ2n) is 9.75. The summed E-state index contributed by atoms with van der Waals surface area (Å²) in [5, 5.41) is 19.4. The summed E-state index contributed by atoms with van der Waals surface area (Å²) in [5.41, 5.74) is 1.92. The molecule has 1 aromatic heterocycles. The fourth-order valence-electron chi connectivity index (χ4n) is 4.49. The first-order chi connectivity index (χ1) is 21.4. The van der Waals surface area contributed by atoms with Gasteiger partial charge in [-0.1, -0.05) is 24.3 Å². The standard InChI is InChI=1S/C28H23F3N4O2.C4H4O4/c29-28(30,31)21-8-11-23-24(12-13-32-25(23)18-21)33-22-9-6-20(7-10-22)27(37)35-16-14-34(15-17-35)26(36)19-4-2-1-3-5-19;5-3(6)1-2-4(7)8/h1-13,18H,14-17H2,(H,32,33);1-2H,(H,5,6)(H,7,8)/b;2-1-. The van der Waals surface area contributed by atoms with Crippen LogP contribution in [0.4, 0.5) is 24.5 Å². The Morgan fingerprint density at radius 3 is 1.78 bits per heavy atom. The molecule has 0 spiro atoms. The lowest BCUT2D eigenvalue weighted by atomic mass is 10.1. The maximum atomic E-state index is 13.0. The van der Waals surface area contributed by atoms with Gasteiger partial charge in [0.15, 0.2) is 0 Å². The molecule has 13 heteroatoms. The number of anilines is 2. The summed E-state index contributed by atoms with van der Waals surface area (Å²) >= 11 is 0. The molecule has 3 N–H and O–H groups in total. The van der Waals surface area contributed by atoms with Crippen LogP contribution in [-0.2, 0) is 15.8 Å². The van der Waals surface area contributed by atoms with Crippen molar-refractivity contribution in [1.82, 2.24) is 14.8 Å². The summed E-state index contributed by atoms with van der Waals surface area (Å²) in [5.74, 6) is -2.67. The van der Waals surface area contributed by atoms with Crippen LogP contribution in [0.1, 0.15) is 26.3 Å². The molecule has 0 bridgehead atoms. The Morgan fingerprint density at radius 2 is 1.27 bits per heavy atom. The van der Waals surface area contributed by atoms with Crippen LogP contribution < -0.4 is 5.32 Å². The number of carboxylic acids is 2. The highest BCUT2D eigenvalue weighted by Gasteiger charge is 2.30. The Labute approximate surface area is 255 Å². The van der Waals surface area contributed by atoms with E-state index in [1.54, 1.807) is 52.3 Å². The van der Waals surface area contributed by atoms with Crippen molar-refractivity contribution in [3.05, 3.63) is 114 Å². The quantitative estimate of drug-likeness (QED) is 0.247. The fraction of sp³-hybridized carbons (Fsp3) is 0.156. The Kier molecular flexibility index (Phi) is 10.1. The molecule has 1 saturated heterocycles. The number of aliphatic carboxylic acids is 2. The van der Waals surface area contributed by atoms with Crippen molar-refractivity contribution in [2.75, 3.05) is 31.5 Å². The number of fused-ring (bicyclic) bond motifs is 1. The molecular weight excluding hydrogens is 593 g/mol. The molecule has 2 amide bonds. The van der Waals surface area contributed by atoms with Crippen LogP contribution in [0, 0.1) is 0 Å². The minimum Gasteiger partial charge on any atom is -0.478 e. The van der Waals surface area contributed by atoms with Gasteiger partial charge in [0.25, 0.3) is 11.8 Å². The predicted octanol–water partition coefficient (Wildman–Crippen LogP) is 5.31. The van der Waals surface area contributed by atoms with E-state index in [0.29, 0.717) is 66.2 Å². The van der Waals surface area contributed by atoms with Gasteiger partial charge in [-0.25, -0.2) is 9.59 Å². The highest BCUT2D eigenvalue weighted by Crippen LogP contribution is 2.33. The molecule has 0 radical (unpaired) electrons. The molecule has 4 aromatic rings. The Morgan fingerprint density at radius 1 is 0.733 bits per heavy atom. The molecule has 0 unspecified atom stereocenters. The first kappa shape index (κ1) is 32.2. The van der Waals surface area contributed by atoms with Crippen LogP contribution in [0.15, 0.2) is 97.2 Å². The summed E-state index contributed by atoms with van der Waals surface area (Å²) < 4.78 is 39.1. The lowest BCUT2D eigenvalue weighted by Gasteiger charge is -2.35. The summed E-state index contributed by atoms with van der Waals surface area (Å²) in [6.07, 6.45) is -1.87. The van der Waals surface area contributed by atoms with E-state index >= 15 is 0 Å². The Bertz CT molecular complexity index is 1700. The molecule has 5 rings (SSSR count). The van der Waals surface area contributed by atoms with E-state index in [2.05, 4.69) is 10.3 Å². The number of hydrogen-bond donors (Lipinski definition) is 3. The van der Waals surface area contributed by atoms with Gasteiger partial charge in [0, 0.05) is 72.4 Å². The Hall–Kier alpha value is -5.72. The van der Waals surface area contributed by atoms with Crippen molar-refractivity contribution in [3.63, 3.8) is 0 Å². The van der Waals surface area contributed by atoms with Crippen LogP contribution in [0.2, 0.25) is 0 Å². The van der Waals surface area contributed by atoms with E-state index in [-0.39, 0.29) is 17.3 Å². The number of pyridine rings is 1. The summed E-state index contributed by atoms with van der Waals surface area (Å²) in [7, 11) is 0. The van der Waals surface area contributed by atoms with Gasteiger partial charge < -0.3 is 25.3 Å². The van der Waals surface area contributed by atoms with Gasteiger partial charge in [-0.3, -0.25) is 14.6 Å². The number of carbonyl (C=O) groups excluding carboxylic acids is 2. The van der Waals surface area contributed by atoms with Crippen LogP contribution >= 0.6 is 0 Å². The van der Waals surface area contributed by atoms with Crippen molar-refractivity contribution in [2.45, 2.75) is 6.18 Å². The number of rotatable bonds is 6. The van der Waals surface area contributed by atoms with Gasteiger partial charge in [0.1, 0.15) is 0 Å². The molecule has 1 aliphatic rings. The molecule has 2 heterocycles. The third kappa shape index (κ3) is 8.66. The maximum absolute atomic E-state index is 13.0. The van der Waals surface area contributed by atoms with Gasteiger partial charge >= 0.3 is 18.1 Å². The predicted molar refractivity (Wildman–Crippen MR) is 159 cm³/mol. The highest BCUT2D eigenvalue weighted by molar-refractivity contribution is 5.97. The monoisotopic (exact) mass is 620 g/mol. The zero-order valence-electron chi connectivity index (χ0n) is 23.6. The molecule has 0 saturated carbocycles. The van der Waals surface area contributed by atoms with Crippen molar-refractivity contribution in [3.8, 4) is 0 Å². The van der Waals surface area contributed by atoms with Gasteiger partial charge in [0.2, 0.25) is 0 Å². The molecule has 0 aliphatic carbocycles. The fourth-order valence-corrected chi connectivity index (χ4v) is 4.49. The van der Waals surface area contributed by atoms with Crippen LogP contribution in [0.5, 0.6) is 0 Å². The largest absolute Gasteiger partial charge is 0.478 e. The molecule has 3 aromatic carbocycles. The average molecular weight is 621 g/mol. The molecule has 45 heavy (non-hydrogen) atoms. The number of carbonyl (C=O) groups is 4. The van der Waals surface area contributed by atoms with Gasteiger partial charge in [-0.2, -0.15) is 13.2 Å². The van der Waals surface area contributed by atoms with Crippen molar-refractivity contribution in [1.29, 1.82) is 0 Å². The van der Waals surface area contributed by atoms with Gasteiger partial charge in [0.05, 0.1) is 11.1 Å². The Balaban J connectivity index is 0.000000510. The van der Waals surface area contributed by atoms with Crippen molar-refractivity contribution >= 4 is 46.0 Å². The third-order valence-electron chi connectivity index (χ3n) is 6.72. The number of nitrogens with one attached hydrogen (secondary N) is 1. The number of piperazine rings is 1. The van der Waals surface area contributed by atoms with Gasteiger partial charge in [-0.05, 0) is 54.6 Å². The molecular formula is C32H27F3N4O6. The maximum Gasteiger partial charge on any atom is 0.416 e. The smallest absolute Gasteiger partial charge is 0.416 e. The number of benzene rings is 3. The van der Waals surface area contributed by atoms with Crippen molar-refractivity contribution < 1.29 is 42.6 Å². The minimum absolute atomic E-state index is 0.0404. The van der Waals surface area contributed by atoms with E-state index in [9.17, 15) is 32.3 Å². The van der Waals surface area contributed by atoms with E-state index in [1.165, 1.54) is 12.3 Å². The SMILES string of the molecule is O=C(O)/C=C\C(=O)O.O=C(c1ccccc1)N1CCN(C(=O)c2ccc(Nc3ccnc4cc(C(F)(F)F)ccc34)cc2)CC1. The number of hydrogen-bond acceptors (Lipinski definition) is 6. The first-order valence-corrected chi connectivity index (χ1v) is 13.5. The molecule has 0 atom stereocenters. The number of aromatic nitrogens is 1. The first-order valence-electron chi connectivity index (χ1n) is 13.5. The second kappa shape index (κ2) is 14.2. The number of nitrogens with zero attached hydrogens (tertiary/aromatic N) is 3. The summed E-state index contributed by atoms with van der Waals surface area (Å²) in [6.45, 7) is 1.81.